The Morgan fingerprint density at radius 1 is 1.13 bits per heavy atom. The van der Waals surface area contributed by atoms with Gasteiger partial charge in [-0.05, 0) is 42.0 Å². The summed E-state index contributed by atoms with van der Waals surface area (Å²) in [4.78, 5) is 19.5. The average Bonchev–Trinajstić information content (AvgIpc) is 3.55. The molecule has 0 aliphatic rings. The van der Waals surface area contributed by atoms with Gasteiger partial charge in [0.15, 0.2) is 0 Å². The molecule has 2 amide bonds. The summed E-state index contributed by atoms with van der Waals surface area (Å²) in [7, 11) is 3.51. The topological polar surface area (TPSA) is 85.7 Å². The molecule has 4 aromatic rings. The minimum atomic E-state index is -0.474. The van der Waals surface area contributed by atoms with Crippen LogP contribution >= 0.6 is 0 Å². The lowest BCUT2D eigenvalue weighted by molar-refractivity contribution is 0.179. The molecule has 3 heterocycles. The molecule has 4 rings (SSSR count). The highest BCUT2D eigenvalue weighted by Gasteiger charge is 2.25. The van der Waals surface area contributed by atoms with Crippen LogP contribution in [0, 0.1) is 0 Å². The molecule has 0 spiro atoms. The maximum atomic E-state index is 13.4. The Hall–Kier alpha value is -3.94. The van der Waals surface area contributed by atoms with Gasteiger partial charge in [-0.15, -0.1) is 0 Å². The van der Waals surface area contributed by atoms with Gasteiger partial charge in [-0.1, -0.05) is 12.1 Å². The number of amides is 2. The first-order valence-corrected chi connectivity index (χ1v) is 9.85. The number of urea groups is 1. The Morgan fingerprint density at radius 3 is 2.39 bits per heavy atom. The Labute approximate surface area is 180 Å². The molecule has 0 bridgehead atoms. The van der Waals surface area contributed by atoms with Gasteiger partial charge in [-0.3, -0.25) is 0 Å². The summed E-state index contributed by atoms with van der Waals surface area (Å²) in [5.74, 6) is 2.76. The molecule has 1 aromatic carbocycles. The molecule has 8 nitrogen and oxygen atoms in total. The molecule has 31 heavy (non-hydrogen) atoms. The molecule has 0 saturated carbocycles. The predicted octanol–water partition coefficient (Wildman–Crippen LogP) is 4.12. The predicted molar refractivity (Wildman–Crippen MR) is 113 cm³/mol. The molecule has 160 valence electrons. The summed E-state index contributed by atoms with van der Waals surface area (Å²) in [5.41, 5.74) is 0.859. The van der Waals surface area contributed by atoms with Crippen LogP contribution in [0.25, 0.3) is 0 Å². The van der Waals surface area contributed by atoms with E-state index in [2.05, 4.69) is 10.3 Å². The molecule has 0 radical (unpaired) electrons. The van der Waals surface area contributed by atoms with E-state index >= 15 is 0 Å². The lowest BCUT2D eigenvalue weighted by atomic mass is 10.1. The van der Waals surface area contributed by atoms with Crippen molar-refractivity contribution >= 4 is 6.03 Å². The normalized spacial score (nSPS) is 11.8. The summed E-state index contributed by atoms with van der Waals surface area (Å²) >= 11 is 0. The van der Waals surface area contributed by atoms with Crippen molar-refractivity contribution in [2.75, 3.05) is 7.11 Å². The summed E-state index contributed by atoms with van der Waals surface area (Å²) < 4.78 is 18.2. The van der Waals surface area contributed by atoms with E-state index < -0.39 is 6.04 Å². The number of methoxy groups -OCH3 is 1. The molecule has 8 heteroatoms. The second kappa shape index (κ2) is 9.25. The summed E-state index contributed by atoms with van der Waals surface area (Å²) in [6.45, 7) is 0.593. The maximum Gasteiger partial charge on any atom is 0.319 e. The van der Waals surface area contributed by atoms with Gasteiger partial charge in [0.2, 0.25) is 0 Å². The SMILES string of the molecule is COc1cccc(C(NC(=O)N(Cc2ccco2)Cc2ccco2)c2nccn2C)c1. The van der Waals surface area contributed by atoms with E-state index in [1.807, 2.05) is 54.2 Å². The van der Waals surface area contributed by atoms with Gasteiger partial charge in [-0.25, -0.2) is 9.78 Å². The van der Waals surface area contributed by atoms with Crippen molar-refractivity contribution in [2.24, 2.45) is 7.05 Å². The third-order valence-electron chi connectivity index (χ3n) is 4.95. The molecule has 0 aliphatic carbocycles. The summed E-state index contributed by atoms with van der Waals surface area (Å²) in [5, 5.41) is 3.12. The van der Waals surface area contributed by atoms with Crippen molar-refractivity contribution in [2.45, 2.75) is 19.1 Å². The van der Waals surface area contributed by atoms with Crippen LogP contribution in [0.4, 0.5) is 4.79 Å². The van der Waals surface area contributed by atoms with Crippen LogP contribution in [0.1, 0.15) is 29.0 Å². The Bertz CT molecular complexity index is 1070. The number of aromatic nitrogens is 2. The number of furan rings is 2. The van der Waals surface area contributed by atoms with Gasteiger partial charge in [0, 0.05) is 19.4 Å². The first-order valence-electron chi connectivity index (χ1n) is 9.85. The van der Waals surface area contributed by atoms with Crippen molar-refractivity contribution in [3.05, 3.63) is 96.4 Å². The first-order chi connectivity index (χ1) is 15.1. The fourth-order valence-corrected chi connectivity index (χ4v) is 3.37. The van der Waals surface area contributed by atoms with Crippen molar-refractivity contribution in [1.29, 1.82) is 0 Å². The highest BCUT2D eigenvalue weighted by atomic mass is 16.5. The fraction of sp³-hybridized carbons (Fsp3) is 0.217. The van der Waals surface area contributed by atoms with Gasteiger partial charge < -0.3 is 28.4 Å². The quantitative estimate of drug-likeness (QED) is 0.464. The second-order valence-corrected chi connectivity index (χ2v) is 7.07. The van der Waals surface area contributed by atoms with E-state index in [9.17, 15) is 4.79 Å². The standard InChI is InChI=1S/C23H24N4O4/c1-26-11-10-24-22(26)21(17-6-3-7-18(14-17)29-2)25-23(28)27(15-19-8-4-12-30-19)16-20-9-5-13-31-20/h3-14,21H,15-16H2,1-2H3,(H,25,28). The number of carbonyl (C=O) groups is 1. The minimum absolute atomic E-state index is 0.274. The smallest absolute Gasteiger partial charge is 0.319 e. The lowest BCUT2D eigenvalue weighted by Gasteiger charge is -2.26. The molecule has 3 aromatic heterocycles. The monoisotopic (exact) mass is 420 g/mol. The number of hydrogen-bond acceptors (Lipinski definition) is 5. The molecule has 1 N–H and O–H groups in total. The van der Waals surface area contributed by atoms with Crippen LogP contribution < -0.4 is 10.1 Å². The molecule has 0 aliphatic heterocycles. The van der Waals surface area contributed by atoms with Gasteiger partial charge in [-0.2, -0.15) is 0 Å². The zero-order valence-electron chi connectivity index (χ0n) is 17.4. The van der Waals surface area contributed by atoms with Crippen LogP contribution in [-0.2, 0) is 20.1 Å². The summed E-state index contributed by atoms with van der Waals surface area (Å²) in [6, 6.07) is 14.1. The Kier molecular flexibility index (Phi) is 6.07. The maximum absolute atomic E-state index is 13.4. The Balaban J connectivity index is 1.63. The van der Waals surface area contributed by atoms with Crippen molar-refractivity contribution in [3.8, 4) is 5.75 Å². The van der Waals surface area contributed by atoms with E-state index in [1.165, 1.54) is 0 Å². The number of rotatable bonds is 8. The van der Waals surface area contributed by atoms with Crippen molar-refractivity contribution in [1.82, 2.24) is 19.8 Å². The van der Waals surface area contributed by atoms with E-state index in [0.717, 1.165) is 5.56 Å². The van der Waals surface area contributed by atoms with Gasteiger partial charge >= 0.3 is 6.03 Å². The summed E-state index contributed by atoms with van der Waals surface area (Å²) in [6.07, 6.45) is 6.73. The van der Waals surface area contributed by atoms with Gasteiger partial charge in [0.1, 0.15) is 29.1 Å². The molecule has 1 unspecified atom stereocenters. The zero-order valence-corrected chi connectivity index (χ0v) is 17.4. The zero-order chi connectivity index (χ0) is 21.6. The molecular weight excluding hydrogens is 396 g/mol. The van der Waals surface area contributed by atoms with Gasteiger partial charge in [0.05, 0.1) is 32.7 Å². The molecular formula is C23H24N4O4. The van der Waals surface area contributed by atoms with Crippen LogP contribution in [0.2, 0.25) is 0 Å². The number of aryl methyl sites for hydroxylation is 1. The third-order valence-corrected chi connectivity index (χ3v) is 4.95. The van der Waals surface area contributed by atoms with Crippen LogP contribution in [0.3, 0.4) is 0 Å². The van der Waals surface area contributed by atoms with Crippen LogP contribution in [-0.4, -0.2) is 27.6 Å². The van der Waals surface area contributed by atoms with E-state index in [0.29, 0.717) is 36.2 Å². The van der Waals surface area contributed by atoms with E-state index in [1.54, 1.807) is 42.9 Å². The molecule has 0 fully saturated rings. The largest absolute Gasteiger partial charge is 0.497 e. The number of carbonyl (C=O) groups excluding carboxylic acids is 1. The second-order valence-electron chi connectivity index (χ2n) is 7.07. The van der Waals surface area contributed by atoms with Crippen LogP contribution in [0.15, 0.2) is 82.3 Å². The third kappa shape index (κ3) is 4.80. The molecule has 1 atom stereocenters. The van der Waals surface area contributed by atoms with Crippen LogP contribution in [0.5, 0.6) is 5.75 Å². The number of benzene rings is 1. The highest BCUT2D eigenvalue weighted by Crippen LogP contribution is 2.25. The van der Waals surface area contributed by atoms with Gasteiger partial charge in [0.25, 0.3) is 0 Å². The molecule has 0 saturated heterocycles. The highest BCUT2D eigenvalue weighted by molar-refractivity contribution is 5.75. The number of ether oxygens (including phenoxy) is 1. The number of imidazole rings is 1. The van der Waals surface area contributed by atoms with Crippen molar-refractivity contribution in [3.63, 3.8) is 0 Å². The number of nitrogens with one attached hydrogen (secondary N) is 1. The average molecular weight is 420 g/mol. The fourth-order valence-electron chi connectivity index (χ4n) is 3.37. The van der Waals surface area contributed by atoms with E-state index in [-0.39, 0.29) is 6.03 Å². The van der Waals surface area contributed by atoms with E-state index in [4.69, 9.17) is 13.6 Å². The lowest BCUT2D eigenvalue weighted by Crippen LogP contribution is -2.41. The number of nitrogens with zero attached hydrogens (tertiary/aromatic N) is 3. The first kappa shape index (κ1) is 20.3. The Morgan fingerprint density at radius 2 is 1.84 bits per heavy atom. The number of hydrogen-bond donors (Lipinski definition) is 1. The van der Waals surface area contributed by atoms with Crippen molar-refractivity contribution < 1.29 is 18.4 Å². The minimum Gasteiger partial charge on any atom is -0.497 e.